The Bertz CT molecular complexity index is 400. The summed E-state index contributed by atoms with van der Waals surface area (Å²) >= 11 is 0. The number of hydrogen-bond donors (Lipinski definition) is 1. The van der Waals surface area contributed by atoms with Crippen molar-refractivity contribution in [3.8, 4) is 0 Å². The molecule has 2 saturated heterocycles. The van der Waals surface area contributed by atoms with Crippen molar-refractivity contribution in [1.29, 1.82) is 0 Å². The molecule has 2 heteroatoms. The van der Waals surface area contributed by atoms with E-state index >= 15 is 0 Å². The highest BCUT2D eigenvalue weighted by atomic mass is 16.5. The third kappa shape index (κ3) is 2.00. The maximum absolute atomic E-state index is 6.52. The number of ether oxygens (including phenoxy) is 1. The first-order chi connectivity index (χ1) is 8.19. The molecule has 0 spiro atoms. The Morgan fingerprint density at radius 2 is 1.94 bits per heavy atom. The van der Waals surface area contributed by atoms with Gasteiger partial charge in [-0.15, -0.1) is 0 Å². The van der Waals surface area contributed by atoms with Crippen molar-refractivity contribution >= 4 is 0 Å². The lowest BCUT2D eigenvalue weighted by molar-refractivity contribution is 0.0856. The quantitative estimate of drug-likeness (QED) is 0.867. The molecule has 1 aromatic rings. The van der Waals surface area contributed by atoms with Gasteiger partial charge in [-0.05, 0) is 43.2 Å². The molecule has 0 radical (unpaired) electrons. The van der Waals surface area contributed by atoms with E-state index in [0.717, 1.165) is 25.7 Å². The SMILES string of the molecule is CCc1ccc(CC2(N)CC3CCC2O3)cc1. The fraction of sp³-hybridized carbons (Fsp3) is 0.600. The van der Waals surface area contributed by atoms with Gasteiger partial charge in [-0.2, -0.15) is 0 Å². The summed E-state index contributed by atoms with van der Waals surface area (Å²) in [5.74, 6) is 0. The first-order valence-electron chi connectivity index (χ1n) is 6.72. The van der Waals surface area contributed by atoms with E-state index in [0.29, 0.717) is 12.2 Å². The van der Waals surface area contributed by atoms with E-state index in [1.165, 1.54) is 17.5 Å². The summed E-state index contributed by atoms with van der Waals surface area (Å²) in [5, 5.41) is 0. The van der Waals surface area contributed by atoms with Crippen LogP contribution in [0.4, 0.5) is 0 Å². The van der Waals surface area contributed by atoms with Gasteiger partial charge in [-0.3, -0.25) is 0 Å². The Balaban J connectivity index is 1.73. The zero-order valence-corrected chi connectivity index (χ0v) is 10.5. The van der Waals surface area contributed by atoms with E-state index in [1.807, 2.05) is 0 Å². The lowest BCUT2D eigenvalue weighted by Gasteiger charge is -2.31. The van der Waals surface area contributed by atoms with Crippen LogP contribution < -0.4 is 5.73 Å². The Morgan fingerprint density at radius 3 is 2.47 bits per heavy atom. The zero-order valence-electron chi connectivity index (χ0n) is 10.5. The van der Waals surface area contributed by atoms with Gasteiger partial charge >= 0.3 is 0 Å². The van der Waals surface area contributed by atoms with Crippen LogP contribution in [0.2, 0.25) is 0 Å². The van der Waals surface area contributed by atoms with Gasteiger partial charge in [0.25, 0.3) is 0 Å². The van der Waals surface area contributed by atoms with Gasteiger partial charge in [0.05, 0.1) is 12.2 Å². The monoisotopic (exact) mass is 231 g/mol. The van der Waals surface area contributed by atoms with Crippen molar-refractivity contribution in [3.05, 3.63) is 35.4 Å². The van der Waals surface area contributed by atoms with Crippen LogP contribution in [0.3, 0.4) is 0 Å². The maximum atomic E-state index is 6.52. The number of nitrogens with two attached hydrogens (primary N) is 1. The van der Waals surface area contributed by atoms with Crippen molar-refractivity contribution in [1.82, 2.24) is 0 Å². The fourth-order valence-electron chi connectivity index (χ4n) is 3.29. The summed E-state index contributed by atoms with van der Waals surface area (Å²) in [5.41, 5.74) is 9.15. The summed E-state index contributed by atoms with van der Waals surface area (Å²) < 4.78 is 5.88. The number of benzene rings is 1. The highest BCUT2D eigenvalue weighted by Crippen LogP contribution is 2.41. The Labute approximate surface area is 103 Å². The Hall–Kier alpha value is -0.860. The van der Waals surface area contributed by atoms with Gasteiger partial charge < -0.3 is 10.5 Å². The van der Waals surface area contributed by atoms with E-state index in [9.17, 15) is 0 Å². The molecule has 2 bridgehead atoms. The van der Waals surface area contributed by atoms with E-state index in [2.05, 4.69) is 31.2 Å². The highest BCUT2D eigenvalue weighted by Gasteiger charge is 2.49. The van der Waals surface area contributed by atoms with Crippen molar-refractivity contribution in [2.75, 3.05) is 0 Å². The van der Waals surface area contributed by atoms with E-state index in [1.54, 1.807) is 0 Å². The van der Waals surface area contributed by atoms with Crippen molar-refractivity contribution < 1.29 is 4.74 Å². The summed E-state index contributed by atoms with van der Waals surface area (Å²) in [6.07, 6.45) is 6.16. The summed E-state index contributed by atoms with van der Waals surface area (Å²) in [7, 11) is 0. The predicted molar refractivity (Wildman–Crippen MR) is 69.0 cm³/mol. The van der Waals surface area contributed by atoms with E-state index in [4.69, 9.17) is 10.5 Å². The Morgan fingerprint density at radius 1 is 1.24 bits per heavy atom. The predicted octanol–water partition coefficient (Wildman–Crippen LogP) is 2.44. The highest BCUT2D eigenvalue weighted by molar-refractivity contribution is 5.25. The molecule has 0 aliphatic carbocycles. The van der Waals surface area contributed by atoms with E-state index < -0.39 is 0 Å². The molecular formula is C15H21NO. The minimum atomic E-state index is -0.114. The lowest BCUT2D eigenvalue weighted by Crippen LogP contribution is -2.50. The van der Waals surface area contributed by atoms with Crippen molar-refractivity contribution in [2.45, 2.75) is 56.8 Å². The molecule has 3 rings (SSSR count). The molecule has 2 N–H and O–H groups in total. The smallest absolute Gasteiger partial charge is 0.0763 e. The third-order valence-corrected chi connectivity index (χ3v) is 4.32. The van der Waals surface area contributed by atoms with E-state index in [-0.39, 0.29) is 5.54 Å². The normalized spacial score (nSPS) is 35.4. The topological polar surface area (TPSA) is 35.2 Å². The molecule has 0 amide bonds. The molecule has 2 nitrogen and oxygen atoms in total. The lowest BCUT2D eigenvalue weighted by atomic mass is 9.78. The molecule has 17 heavy (non-hydrogen) atoms. The second kappa shape index (κ2) is 4.11. The second-order valence-electron chi connectivity index (χ2n) is 5.61. The molecule has 3 unspecified atom stereocenters. The Kier molecular flexibility index (Phi) is 2.72. The van der Waals surface area contributed by atoms with Crippen LogP contribution >= 0.6 is 0 Å². The molecular weight excluding hydrogens is 210 g/mol. The average Bonchev–Trinajstić information content (AvgIpc) is 2.89. The average molecular weight is 231 g/mol. The van der Waals surface area contributed by atoms with Crippen LogP contribution in [0.1, 0.15) is 37.3 Å². The van der Waals surface area contributed by atoms with Crippen LogP contribution in [0.25, 0.3) is 0 Å². The third-order valence-electron chi connectivity index (χ3n) is 4.32. The molecule has 2 fully saturated rings. The van der Waals surface area contributed by atoms with Gasteiger partial charge in [-0.25, -0.2) is 0 Å². The van der Waals surface area contributed by atoms with Gasteiger partial charge in [0.15, 0.2) is 0 Å². The molecule has 92 valence electrons. The molecule has 1 aromatic carbocycles. The zero-order chi connectivity index (χ0) is 11.9. The minimum Gasteiger partial charge on any atom is -0.373 e. The first kappa shape index (κ1) is 11.2. The standard InChI is InChI=1S/C15H21NO/c1-2-11-3-5-12(6-4-11)9-15(16)10-13-7-8-14(15)17-13/h3-6,13-14H,2,7-10,16H2,1H3. The number of aryl methyl sites for hydroxylation is 1. The van der Waals surface area contributed by atoms with Gasteiger partial charge in [0.2, 0.25) is 0 Å². The van der Waals surface area contributed by atoms with Gasteiger partial charge in [-0.1, -0.05) is 31.2 Å². The number of hydrogen-bond acceptors (Lipinski definition) is 2. The summed E-state index contributed by atoms with van der Waals surface area (Å²) in [4.78, 5) is 0. The minimum absolute atomic E-state index is 0.114. The second-order valence-corrected chi connectivity index (χ2v) is 5.61. The molecule has 0 saturated carbocycles. The number of rotatable bonds is 3. The number of fused-ring (bicyclic) bond motifs is 2. The molecule has 2 aliphatic rings. The molecule has 3 atom stereocenters. The van der Waals surface area contributed by atoms with Crippen LogP contribution in [-0.2, 0) is 17.6 Å². The summed E-state index contributed by atoms with van der Waals surface area (Å²) in [6.45, 7) is 2.18. The molecule has 2 aliphatic heterocycles. The molecule has 0 aromatic heterocycles. The molecule has 2 heterocycles. The van der Waals surface area contributed by atoms with Gasteiger partial charge in [0.1, 0.15) is 0 Å². The first-order valence-corrected chi connectivity index (χ1v) is 6.72. The largest absolute Gasteiger partial charge is 0.373 e. The van der Waals surface area contributed by atoms with Crippen LogP contribution in [0.15, 0.2) is 24.3 Å². The van der Waals surface area contributed by atoms with Gasteiger partial charge in [0, 0.05) is 5.54 Å². The van der Waals surface area contributed by atoms with Crippen LogP contribution in [0.5, 0.6) is 0 Å². The van der Waals surface area contributed by atoms with Crippen molar-refractivity contribution in [2.24, 2.45) is 5.73 Å². The van der Waals surface area contributed by atoms with Crippen molar-refractivity contribution in [3.63, 3.8) is 0 Å². The van der Waals surface area contributed by atoms with Crippen LogP contribution in [0, 0.1) is 0 Å². The summed E-state index contributed by atoms with van der Waals surface area (Å²) in [6, 6.07) is 8.87. The fourth-order valence-corrected chi connectivity index (χ4v) is 3.29. The maximum Gasteiger partial charge on any atom is 0.0763 e. The van der Waals surface area contributed by atoms with Crippen LogP contribution in [-0.4, -0.2) is 17.7 Å².